The van der Waals surface area contributed by atoms with Crippen molar-refractivity contribution in [3.05, 3.63) is 105 Å². The molecule has 0 aliphatic carbocycles. The van der Waals surface area contributed by atoms with Crippen molar-refractivity contribution in [2.45, 2.75) is 32.7 Å². The highest BCUT2D eigenvalue weighted by Gasteiger charge is 2.34. The zero-order valence-electron chi connectivity index (χ0n) is 20.9. The van der Waals surface area contributed by atoms with Gasteiger partial charge in [0.15, 0.2) is 4.80 Å². The molecule has 0 radical (unpaired) electrons. The van der Waals surface area contributed by atoms with Crippen LogP contribution in [0.5, 0.6) is 0 Å². The fourth-order valence-corrected chi connectivity index (χ4v) is 6.45. The lowest BCUT2D eigenvalue weighted by Crippen LogP contribution is -2.39. The van der Waals surface area contributed by atoms with E-state index in [1.54, 1.807) is 29.7 Å². The van der Waals surface area contributed by atoms with E-state index in [-0.39, 0.29) is 22.9 Å². The zero-order chi connectivity index (χ0) is 27.7. The average molecular weight is 584 g/mol. The van der Waals surface area contributed by atoms with Crippen LogP contribution in [0.15, 0.2) is 73.3 Å². The molecule has 1 aliphatic heterocycles. The van der Waals surface area contributed by atoms with Crippen molar-refractivity contribution in [2.24, 2.45) is 4.99 Å². The number of allylic oxidation sites excluding steroid dienone is 1. The van der Waals surface area contributed by atoms with Crippen LogP contribution < -0.4 is 14.9 Å². The number of hydrogen-bond donors (Lipinski definition) is 0. The lowest BCUT2D eigenvalue weighted by molar-refractivity contribution is -0.384. The molecule has 200 valence electrons. The summed E-state index contributed by atoms with van der Waals surface area (Å²) in [6.45, 7) is 3.96. The van der Waals surface area contributed by atoms with E-state index in [4.69, 9.17) is 25.7 Å². The number of aromatic nitrogens is 1. The number of halogens is 1. The number of fused-ring (bicyclic) bond motifs is 1. The monoisotopic (exact) mass is 583 g/mol. The predicted molar refractivity (Wildman–Crippen MR) is 150 cm³/mol. The highest BCUT2D eigenvalue weighted by molar-refractivity contribution is 7.10. The van der Waals surface area contributed by atoms with E-state index in [0.717, 1.165) is 11.3 Å². The summed E-state index contributed by atoms with van der Waals surface area (Å²) in [7, 11) is 0. The number of carbonyl (C=O) groups is 1. The maximum atomic E-state index is 13.7. The van der Waals surface area contributed by atoms with Crippen LogP contribution in [0.3, 0.4) is 0 Å². The number of furan rings is 1. The van der Waals surface area contributed by atoms with Crippen LogP contribution in [-0.2, 0) is 9.53 Å². The summed E-state index contributed by atoms with van der Waals surface area (Å²) in [5.41, 5.74) is 1.06. The van der Waals surface area contributed by atoms with Crippen LogP contribution in [0, 0.1) is 10.1 Å². The van der Waals surface area contributed by atoms with Gasteiger partial charge in [0.1, 0.15) is 17.6 Å². The molecule has 0 saturated carbocycles. The van der Waals surface area contributed by atoms with E-state index < -0.39 is 16.9 Å². The van der Waals surface area contributed by atoms with Gasteiger partial charge in [-0.15, -0.1) is 11.3 Å². The Bertz CT molecular complexity index is 1780. The molecule has 0 N–H and O–H groups in total. The Morgan fingerprint density at radius 2 is 2.10 bits per heavy atom. The summed E-state index contributed by atoms with van der Waals surface area (Å²) in [5, 5.41) is 13.1. The molecule has 0 saturated heterocycles. The molecular weight excluding hydrogens is 562 g/mol. The highest BCUT2D eigenvalue weighted by Crippen LogP contribution is 2.35. The number of rotatable bonds is 8. The number of nitro groups is 1. The van der Waals surface area contributed by atoms with Crippen LogP contribution in [-0.4, -0.2) is 22.1 Å². The number of ether oxygens (including phenoxy) is 1. The van der Waals surface area contributed by atoms with Crippen LogP contribution in [0.1, 0.15) is 43.4 Å². The molecule has 0 bridgehead atoms. The predicted octanol–water partition coefficient (Wildman–Crippen LogP) is 5.46. The van der Waals surface area contributed by atoms with Gasteiger partial charge in [0.05, 0.1) is 32.4 Å². The largest absolute Gasteiger partial charge is 0.463 e. The molecule has 4 heterocycles. The third-order valence-electron chi connectivity index (χ3n) is 6.03. The number of benzene rings is 1. The molecule has 12 heteroatoms. The van der Waals surface area contributed by atoms with Gasteiger partial charge in [-0.05, 0) is 43.0 Å². The number of esters is 1. The van der Waals surface area contributed by atoms with Gasteiger partial charge in [-0.3, -0.25) is 19.5 Å². The van der Waals surface area contributed by atoms with Crippen molar-refractivity contribution in [1.82, 2.24) is 4.57 Å². The number of hydrogen-bond acceptors (Lipinski definition) is 9. The second kappa shape index (κ2) is 11.1. The van der Waals surface area contributed by atoms with Gasteiger partial charge >= 0.3 is 5.97 Å². The van der Waals surface area contributed by atoms with Gasteiger partial charge in [0.2, 0.25) is 0 Å². The molecule has 0 unspecified atom stereocenters. The first-order valence-electron chi connectivity index (χ1n) is 12.1. The number of nitrogens with zero attached hydrogens (tertiary/aromatic N) is 3. The zero-order valence-corrected chi connectivity index (χ0v) is 23.3. The number of thiazole rings is 1. The Kier molecular flexibility index (Phi) is 7.65. The van der Waals surface area contributed by atoms with Crippen molar-refractivity contribution >= 4 is 52.0 Å². The molecule has 1 aromatic carbocycles. The summed E-state index contributed by atoms with van der Waals surface area (Å²) < 4.78 is 13.2. The smallest absolute Gasteiger partial charge is 0.338 e. The van der Waals surface area contributed by atoms with Crippen LogP contribution in [0.25, 0.3) is 17.4 Å². The SMILES string of the molecule is CCCC1=C(C(=O)OCC)[C@@H](c2cccs2)n2c(s/c(=C\c3ccc(-c4ccc([N+](=O)[O-])cc4Cl)o3)c2=O)=N1. The van der Waals surface area contributed by atoms with Crippen molar-refractivity contribution in [3.8, 4) is 11.3 Å². The molecule has 0 spiro atoms. The van der Waals surface area contributed by atoms with Gasteiger partial charge < -0.3 is 9.15 Å². The molecule has 5 rings (SSSR count). The van der Waals surface area contributed by atoms with E-state index in [1.165, 1.54) is 40.9 Å². The van der Waals surface area contributed by atoms with Crippen molar-refractivity contribution in [1.29, 1.82) is 0 Å². The van der Waals surface area contributed by atoms with Crippen LogP contribution >= 0.6 is 34.3 Å². The molecule has 1 aliphatic rings. The van der Waals surface area contributed by atoms with Crippen molar-refractivity contribution < 1.29 is 18.9 Å². The van der Waals surface area contributed by atoms with E-state index in [9.17, 15) is 19.7 Å². The molecule has 3 aromatic heterocycles. The Hall–Kier alpha value is -3.80. The van der Waals surface area contributed by atoms with Crippen LogP contribution in [0.2, 0.25) is 5.02 Å². The lowest BCUT2D eigenvalue weighted by atomic mass is 9.99. The Morgan fingerprint density at radius 3 is 2.77 bits per heavy atom. The fourth-order valence-electron chi connectivity index (χ4n) is 4.36. The average Bonchev–Trinajstić information content (AvgIpc) is 3.66. The van der Waals surface area contributed by atoms with E-state index in [0.29, 0.717) is 44.1 Å². The lowest BCUT2D eigenvalue weighted by Gasteiger charge is -2.24. The summed E-state index contributed by atoms with van der Waals surface area (Å²) >= 11 is 8.93. The van der Waals surface area contributed by atoms with Crippen molar-refractivity contribution in [3.63, 3.8) is 0 Å². The Labute approximate surface area is 235 Å². The topological polar surface area (TPSA) is 117 Å². The molecule has 9 nitrogen and oxygen atoms in total. The molecular formula is C27H22ClN3O6S2. The summed E-state index contributed by atoms with van der Waals surface area (Å²) in [4.78, 5) is 43.4. The van der Waals surface area contributed by atoms with Gasteiger partial charge in [-0.2, -0.15) is 0 Å². The molecule has 0 amide bonds. The van der Waals surface area contributed by atoms with Crippen molar-refractivity contribution in [2.75, 3.05) is 6.61 Å². The number of carbonyl (C=O) groups excluding carboxylic acids is 1. The maximum absolute atomic E-state index is 13.7. The van der Waals surface area contributed by atoms with Gasteiger partial charge in [0.25, 0.3) is 11.2 Å². The molecule has 0 fully saturated rings. The first kappa shape index (κ1) is 26.8. The molecule has 39 heavy (non-hydrogen) atoms. The van der Waals surface area contributed by atoms with Gasteiger partial charge in [-0.1, -0.05) is 42.3 Å². The third-order valence-corrected chi connectivity index (χ3v) is 8.25. The minimum Gasteiger partial charge on any atom is -0.463 e. The normalized spacial score (nSPS) is 15.3. The van der Waals surface area contributed by atoms with Gasteiger partial charge in [-0.25, -0.2) is 9.79 Å². The van der Waals surface area contributed by atoms with E-state index >= 15 is 0 Å². The fraction of sp³-hybridized carbons (Fsp3) is 0.222. The third kappa shape index (κ3) is 5.12. The minimum atomic E-state index is -0.643. The summed E-state index contributed by atoms with van der Waals surface area (Å²) in [6, 6.07) is 10.6. The first-order chi connectivity index (χ1) is 18.8. The summed E-state index contributed by atoms with van der Waals surface area (Å²) in [5.74, 6) is 0.323. The quantitative estimate of drug-likeness (QED) is 0.154. The Morgan fingerprint density at radius 1 is 1.28 bits per heavy atom. The van der Waals surface area contributed by atoms with Crippen LogP contribution in [0.4, 0.5) is 5.69 Å². The number of nitro benzene ring substituents is 1. The number of non-ortho nitro benzene ring substituents is 1. The second-order valence-corrected chi connectivity index (χ2v) is 10.9. The maximum Gasteiger partial charge on any atom is 0.338 e. The van der Waals surface area contributed by atoms with E-state index in [2.05, 4.69) is 0 Å². The number of thiophene rings is 1. The first-order valence-corrected chi connectivity index (χ1v) is 14.2. The second-order valence-electron chi connectivity index (χ2n) is 8.55. The van der Waals surface area contributed by atoms with Gasteiger partial charge in [0, 0.05) is 28.6 Å². The molecule has 4 aromatic rings. The highest BCUT2D eigenvalue weighted by atomic mass is 35.5. The van der Waals surface area contributed by atoms with E-state index in [1.807, 2.05) is 24.4 Å². The minimum absolute atomic E-state index is 0.124. The summed E-state index contributed by atoms with van der Waals surface area (Å²) in [6.07, 6.45) is 2.96. The Balaban J connectivity index is 1.61. The standard InChI is InChI=1S/C27H22ClN3O6S2/c1-3-6-19-23(26(33)36-4-2)24(21-7-5-12-38-21)30-25(32)22(39-27(30)29-19)14-16-9-11-20(37-16)17-10-8-15(31(34)35)13-18(17)28/h5,7-14,24H,3-4,6H2,1-2H3/b22-14-/t24-/m1/s1. The molecule has 1 atom stereocenters.